The van der Waals surface area contributed by atoms with Gasteiger partial charge in [-0.2, -0.15) is 20.5 Å². The monoisotopic (exact) mass is 1000 g/mol. The number of nitrogens with one attached hydrogen (secondary N) is 4. The first-order valence-corrected chi connectivity index (χ1v) is 22.9. The van der Waals surface area contributed by atoms with Crippen LogP contribution in [0.4, 0.5) is 34.1 Å². The van der Waals surface area contributed by atoms with Gasteiger partial charge in [-0.15, -0.1) is 23.2 Å². The summed E-state index contributed by atoms with van der Waals surface area (Å²) in [6.07, 6.45) is 1.05. The van der Waals surface area contributed by atoms with Gasteiger partial charge in [-0.3, -0.25) is 28.8 Å². The van der Waals surface area contributed by atoms with Crippen molar-refractivity contribution >= 4 is 116 Å². The number of carbonyl (C=O) groups excluding carboxylic acids is 6. The molecule has 0 bridgehead atoms. The molecule has 4 N–H and O–H groups in total. The van der Waals surface area contributed by atoms with E-state index in [4.69, 9.17) is 55.9 Å². The van der Waals surface area contributed by atoms with Gasteiger partial charge < -0.3 is 30.7 Å². The van der Waals surface area contributed by atoms with Crippen LogP contribution in [0.3, 0.4) is 0 Å². The molecule has 68 heavy (non-hydrogen) atoms. The van der Waals surface area contributed by atoms with E-state index < -0.39 is 47.3 Å². The normalized spacial score (nSPS) is 12.0. The number of amides is 4. The summed E-state index contributed by atoms with van der Waals surface area (Å²) in [5.41, 5.74) is 3.02. The smallest absolute Gasteiger partial charge is 0.258 e. The number of carbonyl (C=O) groups is 6. The molecular formula is C48H46Cl4N8O8. The van der Waals surface area contributed by atoms with Crippen molar-refractivity contribution < 1.29 is 38.2 Å². The molecule has 0 saturated heterocycles. The van der Waals surface area contributed by atoms with Gasteiger partial charge in [0.2, 0.25) is 12.1 Å². The molecule has 16 nitrogen and oxygen atoms in total. The number of para-hydroxylation sites is 2. The summed E-state index contributed by atoms with van der Waals surface area (Å²) < 4.78 is 11.8. The lowest BCUT2D eigenvalue weighted by Gasteiger charge is -2.20. The number of halogens is 4. The summed E-state index contributed by atoms with van der Waals surface area (Å²) in [6, 6.07) is 22.7. The van der Waals surface area contributed by atoms with Crippen molar-refractivity contribution in [2.45, 2.75) is 52.6 Å². The lowest BCUT2D eigenvalue weighted by atomic mass is 10.1. The maximum absolute atomic E-state index is 13.7. The highest BCUT2D eigenvalue weighted by molar-refractivity contribution is 6.37. The number of alkyl halides is 2. The van der Waals surface area contributed by atoms with Gasteiger partial charge in [0.25, 0.3) is 23.6 Å². The number of benzene rings is 5. The van der Waals surface area contributed by atoms with Crippen molar-refractivity contribution in [3.8, 4) is 11.5 Å². The first-order chi connectivity index (χ1) is 32.7. The van der Waals surface area contributed by atoms with E-state index in [0.717, 1.165) is 25.0 Å². The molecule has 0 fully saturated rings. The Morgan fingerprint density at radius 3 is 1.25 bits per heavy atom. The molecule has 2 atom stereocenters. The number of Topliss-reactive ketones (excluding diaryl/α,β-unsaturated/α-hetero) is 2. The van der Waals surface area contributed by atoms with E-state index in [0.29, 0.717) is 36.0 Å². The van der Waals surface area contributed by atoms with Gasteiger partial charge in [-0.1, -0.05) is 71.7 Å². The van der Waals surface area contributed by atoms with Gasteiger partial charge in [0.05, 0.1) is 45.8 Å². The largest absolute Gasteiger partial charge is 0.488 e. The zero-order valence-electron chi connectivity index (χ0n) is 37.2. The van der Waals surface area contributed by atoms with E-state index in [1.807, 2.05) is 24.3 Å². The predicted octanol–water partition coefficient (Wildman–Crippen LogP) is 11.2. The molecule has 5 rings (SSSR count). The van der Waals surface area contributed by atoms with Crippen LogP contribution in [0, 0.1) is 0 Å². The number of hydrogen-bond donors (Lipinski definition) is 4. The van der Waals surface area contributed by atoms with Crippen LogP contribution in [0.25, 0.3) is 0 Å². The fourth-order valence-electron chi connectivity index (χ4n) is 6.46. The molecule has 0 aliphatic rings. The van der Waals surface area contributed by atoms with Crippen LogP contribution in [0.1, 0.15) is 59.5 Å². The fourth-order valence-corrected chi connectivity index (χ4v) is 7.37. The molecule has 20 heteroatoms. The second-order valence-corrected chi connectivity index (χ2v) is 16.0. The molecule has 5 aromatic carbocycles. The number of azo groups is 2. The number of ether oxygens (including phenoxy) is 2. The summed E-state index contributed by atoms with van der Waals surface area (Å²) in [5.74, 6) is -3.58. The van der Waals surface area contributed by atoms with Gasteiger partial charge in [-0.05, 0) is 100 Å². The zero-order chi connectivity index (χ0) is 49.3. The zero-order valence-corrected chi connectivity index (χ0v) is 40.2. The maximum atomic E-state index is 13.7. The van der Waals surface area contributed by atoms with Gasteiger partial charge in [0.1, 0.15) is 11.4 Å². The topological polar surface area (TPSA) is 218 Å². The van der Waals surface area contributed by atoms with Crippen LogP contribution < -0.4 is 30.7 Å². The molecule has 0 aromatic heterocycles. The molecule has 354 valence electrons. The molecular weight excluding hydrogens is 958 g/mol. The van der Waals surface area contributed by atoms with Crippen LogP contribution in [0.2, 0.25) is 10.0 Å². The number of nitrogens with zero attached hydrogens (tertiary/aromatic N) is 4. The summed E-state index contributed by atoms with van der Waals surface area (Å²) in [5, 5.41) is 26.9. The van der Waals surface area contributed by atoms with E-state index in [2.05, 4.69) is 41.7 Å². The molecule has 0 heterocycles. The Morgan fingerprint density at radius 2 is 0.897 bits per heavy atom. The third-order valence-corrected chi connectivity index (χ3v) is 10.9. The minimum Gasteiger partial charge on any atom is -0.488 e. The van der Waals surface area contributed by atoms with Crippen molar-refractivity contribution in [3.63, 3.8) is 0 Å². The summed E-state index contributed by atoms with van der Waals surface area (Å²) in [4.78, 5) is 79.7. The second-order valence-electron chi connectivity index (χ2n) is 14.5. The minimum absolute atomic E-state index is 0.0181. The van der Waals surface area contributed by atoms with Crippen LogP contribution in [-0.4, -0.2) is 72.3 Å². The van der Waals surface area contributed by atoms with Gasteiger partial charge >= 0.3 is 0 Å². The molecule has 0 spiro atoms. The summed E-state index contributed by atoms with van der Waals surface area (Å²) >= 11 is 25.1. The molecule has 0 radical (unpaired) electrons. The molecule has 5 aromatic rings. The van der Waals surface area contributed by atoms with Crippen molar-refractivity contribution in [1.29, 1.82) is 0 Å². The summed E-state index contributed by atoms with van der Waals surface area (Å²) in [7, 11) is 0. The number of anilines is 4. The van der Waals surface area contributed by atoms with Gasteiger partial charge in [-0.25, -0.2) is 0 Å². The van der Waals surface area contributed by atoms with Gasteiger partial charge in [0, 0.05) is 23.1 Å². The highest BCUT2D eigenvalue weighted by Gasteiger charge is 2.29. The molecule has 4 amide bonds. The highest BCUT2D eigenvalue weighted by atomic mass is 35.5. The highest BCUT2D eigenvalue weighted by Crippen LogP contribution is 2.42. The first kappa shape index (κ1) is 52.3. The second kappa shape index (κ2) is 25.4. The lowest BCUT2D eigenvalue weighted by Crippen LogP contribution is -2.32. The van der Waals surface area contributed by atoms with Crippen molar-refractivity contribution in [2.24, 2.45) is 20.5 Å². The Balaban J connectivity index is 1.35. The summed E-state index contributed by atoms with van der Waals surface area (Å²) in [6.45, 7) is 5.78. The van der Waals surface area contributed by atoms with Crippen LogP contribution in [0.5, 0.6) is 11.5 Å². The fraction of sp³-hybridized carbons (Fsp3) is 0.250. The van der Waals surface area contributed by atoms with Crippen molar-refractivity contribution in [1.82, 2.24) is 0 Å². The minimum atomic E-state index is -1.68. The molecule has 0 aliphatic carbocycles. The van der Waals surface area contributed by atoms with Crippen LogP contribution in [-0.2, 0) is 32.0 Å². The van der Waals surface area contributed by atoms with Crippen LogP contribution >= 0.6 is 46.4 Å². The molecule has 2 unspecified atom stereocenters. The Hall–Kier alpha value is -6.72. The number of rotatable bonds is 22. The Labute approximate surface area is 412 Å². The molecule has 0 saturated carbocycles. The van der Waals surface area contributed by atoms with Crippen LogP contribution in [0.15, 0.2) is 118 Å². The van der Waals surface area contributed by atoms with E-state index in [1.54, 1.807) is 38.1 Å². The van der Waals surface area contributed by atoms with Crippen molar-refractivity contribution in [3.05, 3.63) is 129 Å². The Morgan fingerprint density at radius 1 is 0.515 bits per heavy atom. The lowest BCUT2D eigenvalue weighted by molar-refractivity contribution is -0.127. The number of hydrogen-bond acceptors (Lipinski definition) is 12. The van der Waals surface area contributed by atoms with E-state index >= 15 is 0 Å². The standard InChI is InChI=1S/C48H46Cl4N8O8/c1-5-67-43-37(55-47(65)41(27(3)61)59-57-35-19-11-15-31(39(35)51)45(63)53-33-17-9-7-13-29(33)23-25-49)21-22-38(44(43)68-6-2)56-48(66)42(28(4)62)60-58-36-20-12-16-32(40(36)52)46(64)54-34-18-10-8-14-30(34)24-26-50/h7-22,41-42H,5-6,23-26H2,1-4H3,(H,53,63)(H,54,64)(H,55,65)(H,56,66). The number of ketones is 2. The average molecular weight is 1000 g/mol. The number of aryl methyl sites for hydroxylation is 2. The third kappa shape index (κ3) is 13.5. The Bertz CT molecular complexity index is 2570. The average Bonchev–Trinajstić information content (AvgIpc) is 3.30. The van der Waals surface area contributed by atoms with Gasteiger partial charge in [0.15, 0.2) is 23.1 Å². The quantitative estimate of drug-likeness (QED) is 0.0296. The Kier molecular flexibility index (Phi) is 19.5. The SMILES string of the molecule is CCOc1c(NC(=O)C(N=Nc2cccc(C(=O)Nc3ccccc3CCCl)c2Cl)C(C)=O)ccc(NC(=O)C(N=Nc2cccc(C(=O)Nc3ccccc3CCCl)c2Cl)C(C)=O)c1OCC. The van der Waals surface area contributed by atoms with E-state index in [9.17, 15) is 28.8 Å². The predicted molar refractivity (Wildman–Crippen MR) is 265 cm³/mol. The van der Waals surface area contributed by atoms with E-state index in [1.165, 1.54) is 48.5 Å². The third-order valence-electron chi connectivity index (χ3n) is 9.74. The van der Waals surface area contributed by atoms with Crippen molar-refractivity contribution in [2.75, 3.05) is 46.2 Å². The van der Waals surface area contributed by atoms with E-state index in [-0.39, 0.29) is 68.6 Å². The molecule has 0 aliphatic heterocycles. The first-order valence-electron chi connectivity index (χ1n) is 21.1. The maximum Gasteiger partial charge on any atom is 0.258 e.